The highest BCUT2D eigenvalue weighted by molar-refractivity contribution is 5.33. The number of non-ortho nitro benzene ring substituents is 1. The van der Waals surface area contributed by atoms with Gasteiger partial charge in [-0.05, 0) is 37.1 Å². The molecule has 6 heteroatoms. The quantitative estimate of drug-likeness (QED) is 0.376. The molecule has 0 radical (unpaired) electrons. The minimum Gasteiger partial charge on any atom is -0.393 e. The molecule has 3 N–H and O–H groups in total. The molecule has 0 aromatic heterocycles. The van der Waals surface area contributed by atoms with Crippen LogP contribution >= 0.6 is 0 Å². The third kappa shape index (κ3) is 5.34. The van der Waals surface area contributed by atoms with Crippen LogP contribution in [0.25, 0.3) is 0 Å². The van der Waals surface area contributed by atoms with E-state index in [1.54, 1.807) is 12.1 Å². The first kappa shape index (κ1) is 15.6. The predicted octanol–water partition coefficient (Wildman–Crippen LogP) is 1.38. The maximum Gasteiger partial charge on any atom is 0.269 e. The molecule has 1 rings (SSSR count). The zero-order valence-corrected chi connectivity index (χ0v) is 11.0. The van der Waals surface area contributed by atoms with Crippen molar-refractivity contribution < 1.29 is 15.1 Å². The molecule has 0 heterocycles. The second kappa shape index (κ2) is 7.83. The highest BCUT2D eigenvalue weighted by Crippen LogP contribution is 2.17. The number of nitro groups is 1. The minimum absolute atomic E-state index is 0.00924. The van der Waals surface area contributed by atoms with E-state index in [9.17, 15) is 20.3 Å². The Morgan fingerprint density at radius 3 is 2.47 bits per heavy atom. The molecule has 0 saturated heterocycles. The van der Waals surface area contributed by atoms with Gasteiger partial charge in [-0.2, -0.15) is 0 Å². The number of rotatable bonds is 8. The monoisotopic (exact) mass is 268 g/mol. The van der Waals surface area contributed by atoms with Crippen molar-refractivity contribution in [2.75, 3.05) is 13.1 Å². The number of benzene rings is 1. The van der Waals surface area contributed by atoms with Crippen LogP contribution in [0.5, 0.6) is 0 Å². The number of nitrogens with one attached hydrogen (secondary N) is 1. The Hall–Kier alpha value is -1.50. The van der Waals surface area contributed by atoms with Gasteiger partial charge in [-0.25, -0.2) is 0 Å². The van der Waals surface area contributed by atoms with Gasteiger partial charge in [0.1, 0.15) is 0 Å². The summed E-state index contributed by atoms with van der Waals surface area (Å²) in [4.78, 5) is 10.0. The van der Waals surface area contributed by atoms with Crippen LogP contribution in [-0.2, 0) is 0 Å². The van der Waals surface area contributed by atoms with E-state index in [0.29, 0.717) is 31.5 Å². The normalized spacial score (nSPS) is 14.1. The molecule has 2 atom stereocenters. The summed E-state index contributed by atoms with van der Waals surface area (Å²) < 4.78 is 0. The molecule has 0 saturated carbocycles. The molecule has 1 aromatic carbocycles. The van der Waals surface area contributed by atoms with Crippen LogP contribution in [0.3, 0.4) is 0 Å². The smallest absolute Gasteiger partial charge is 0.269 e. The first-order valence-corrected chi connectivity index (χ1v) is 6.35. The third-order valence-electron chi connectivity index (χ3n) is 2.95. The summed E-state index contributed by atoms with van der Waals surface area (Å²) in [5.74, 6) is 0. The first-order valence-electron chi connectivity index (χ1n) is 6.35. The van der Waals surface area contributed by atoms with E-state index < -0.39 is 11.0 Å². The zero-order chi connectivity index (χ0) is 14.3. The van der Waals surface area contributed by atoms with Gasteiger partial charge in [0.25, 0.3) is 5.69 Å². The number of hydrogen-bond donors (Lipinski definition) is 3. The molecule has 0 amide bonds. The summed E-state index contributed by atoms with van der Waals surface area (Å²) in [6.45, 7) is 2.89. The third-order valence-corrected chi connectivity index (χ3v) is 2.95. The van der Waals surface area contributed by atoms with Crippen LogP contribution in [0.15, 0.2) is 24.3 Å². The highest BCUT2D eigenvalue weighted by atomic mass is 16.6. The maximum absolute atomic E-state index is 10.5. The van der Waals surface area contributed by atoms with Crippen molar-refractivity contribution in [3.63, 3.8) is 0 Å². The molecule has 0 aliphatic rings. The van der Waals surface area contributed by atoms with E-state index in [0.717, 1.165) is 0 Å². The fraction of sp³-hybridized carbons (Fsp3) is 0.538. The lowest BCUT2D eigenvalue weighted by atomic mass is 10.1. The van der Waals surface area contributed by atoms with Gasteiger partial charge in [-0.1, -0.05) is 6.92 Å². The molecule has 0 aliphatic carbocycles. The molecule has 2 unspecified atom stereocenters. The van der Waals surface area contributed by atoms with E-state index in [4.69, 9.17) is 0 Å². The van der Waals surface area contributed by atoms with Crippen molar-refractivity contribution in [1.29, 1.82) is 0 Å². The molecule has 0 bridgehead atoms. The Morgan fingerprint density at radius 2 is 1.95 bits per heavy atom. The summed E-state index contributed by atoms with van der Waals surface area (Å²) in [6, 6.07) is 5.84. The fourth-order valence-corrected chi connectivity index (χ4v) is 1.65. The number of aliphatic hydroxyl groups excluding tert-OH is 2. The number of nitro benzene ring substituents is 1. The van der Waals surface area contributed by atoms with Gasteiger partial charge < -0.3 is 15.5 Å². The van der Waals surface area contributed by atoms with Crippen molar-refractivity contribution in [2.24, 2.45) is 0 Å². The van der Waals surface area contributed by atoms with Crippen molar-refractivity contribution in [2.45, 2.75) is 32.0 Å². The standard InChI is InChI=1S/C13H20N2O4/c1-2-12(16)7-8-14-9-13(17)10-3-5-11(6-4-10)15(18)19/h3-6,12-14,16-17H,2,7-9H2,1H3. The molecule has 1 aromatic rings. The van der Waals surface area contributed by atoms with Crippen LogP contribution < -0.4 is 5.32 Å². The summed E-state index contributed by atoms with van der Waals surface area (Å²) >= 11 is 0. The first-order chi connectivity index (χ1) is 9.04. The lowest BCUT2D eigenvalue weighted by Crippen LogP contribution is -2.25. The molecular weight excluding hydrogens is 248 g/mol. The molecule has 19 heavy (non-hydrogen) atoms. The van der Waals surface area contributed by atoms with Crippen molar-refractivity contribution >= 4 is 5.69 Å². The van der Waals surface area contributed by atoms with Gasteiger partial charge in [0.2, 0.25) is 0 Å². The summed E-state index contributed by atoms with van der Waals surface area (Å²) in [6.07, 6.45) is 0.333. The predicted molar refractivity (Wildman–Crippen MR) is 71.8 cm³/mol. The zero-order valence-electron chi connectivity index (χ0n) is 11.0. The average molecular weight is 268 g/mol. The van der Waals surface area contributed by atoms with Crippen LogP contribution in [0.1, 0.15) is 31.4 Å². The topological polar surface area (TPSA) is 95.6 Å². The van der Waals surface area contributed by atoms with Gasteiger partial charge in [0, 0.05) is 18.7 Å². The van der Waals surface area contributed by atoms with Crippen molar-refractivity contribution in [3.8, 4) is 0 Å². The molecule has 0 aliphatic heterocycles. The number of hydrogen-bond acceptors (Lipinski definition) is 5. The summed E-state index contributed by atoms with van der Waals surface area (Å²) in [7, 11) is 0. The SMILES string of the molecule is CCC(O)CCNCC(O)c1ccc([N+](=O)[O-])cc1. The van der Waals surface area contributed by atoms with Crippen molar-refractivity contribution in [3.05, 3.63) is 39.9 Å². The van der Waals surface area contributed by atoms with E-state index in [1.165, 1.54) is 12.1 Å². The van der Waals surface area contributed by atoms with Crippen LogP contribution in [0.2, 0.25) is 0 Å². The molecule has 6 nitrogen and oxygen atoms in total. The minimum atomic E-state index is -0.709. The Bertz CT molecular complexity index is 394. The van der Waals surface area contributed by atoms with E-state index >= 15 is 0 Å². The largest absolute Gasteiger partial charge is 0.393 e. The van der Waals surface area contributed by atoms with E-state index in [2.05, 4.69) is 5.32 Å². The average Bonchev–Trinajstić information content (AvgIpc) is 2.43. The van der Waals surface area contributed by atoms with Gasteiger partial charge in [0.05, 0.1) is 17.1 Å². The van der Waals surface area contributed by atoms with Gasteiger partial charge in [0.15, 0.2) is 0 Å². The van der Waals surface area contributed by atoms with Gasteiger partial charge in [-0.15, -0.1) is 0 Å². The Balaban J connectivity index is 2.37. The molecular formula is C13H20N2O4. The summed E-state index contributed by atoms with van der Waals surface area (Å²) in [5.41, 5.74) is 0.643. The second-order valence-electron chi connectivity index (χ2n) is 4.42. The molecule has 0 spiro atoms. The van der Waals surface area contributed by atoms with Crippen molar-refractivity contribution in [1.82, 2.24) is 5.32 Å². The van der Waals surface area contributed by atoms with Crippen LogP contribution in [0, 0.1) is 10.1 Å². The Morgan fingerprint density at radius 1 is 1.32 bits per heavy atom. The van der Waals surface area contributed by atoms with Crippen LogP contribution in [0.4, 0.5) is 5.69 Å². The van der Waals surface area contributed by atoms with Crippen LogP contribution in [-0.4, -0.2) is 34.3 Å². The van der Waals surface area contributed by atoms with E-state index in [1.807, 2.05) is 6.92 Å². The fourth-order valence-electron chi connectivity index (χ4n) is 1.65. The molecule has 0 fully saturated rings. The van der Waals surface area contributed by atoms with E-state index in [-0.39, 0.29) is 11.8 Å². The molecule has 106 valence electrons. The highest BCUT2D eigenvalue weighted by Gasteiger charge is 2.10. The van der Waals surface area contributed by atoms with Gasteiger partial charge >= 0.3 is 0 Å². The summed E-state index contributed by atoms with van der Waals surface area (Å²) in [5, 5.41) is 32.8. The lowest BCUT2D eigenvalue weighted by Gasteiger charge is -2.13. The lowest BCUT2D eigenvalue weighted by molar-refractivity contribution is -0.384. The van der Waals surface area contributed by atoms with Gasteiger partial charge in [-0.3, -0.25) is 10.1 Å². The Kier molecular flexibility index (Phi) is 6.41. The second-order valence-corrected chi connectivity index (χ2v) is 4.42. The number of aliphatic hydroxyl groups is 2. The maximum atomic E-state index is 10.5. The Labute approximate surface area is 112 Å². The number of nitrogens with zero attached hydrogens (tertiary/aromatic N) is 1.